The number of carbonyl (C=O) groups excluding carboxylic acids is 8. The molecule has 12 atom stereocenters. The van der Waals surface area contributed by atoms with Crippen molar-refractivity contribution in [1.82, 2.24) is 5.32 Å². The highest BCUT2D eigenvalue weighted by Gasteiger charge is 2.78. The second kappa shape index (κ2) is 37.2. The van der Waals surface area contributed by atoms with Gasteiger partial charge in [-0.2, -0.15) is 0 Å². The monoisotopic (exact) mass is 1460 g/mol. The summed E-state index contributed by atoms with van der Waals surface area (Å²) >= 11 is 0. The number of hydrogen-bond donors (Lipinski definition) is 5. The molecule has 1 saturated heterocycles. The molecule has 4 aromatic carbocycles. The first-order chi connectivity index (χ1) is 49.4. The number of phosphoric acid groups is 1. The summed E-state index contributed by atoms with van der Waals surface area (Å²) in [6.07, 6.45) is 7.19. The largest absolute Gasteiger partial charge is 0.472 e. The van der Waals surface area contributed by atoms with Gasteiger partial charge < -0.3 is 58.6 Å². The van der Waals surface area contributed by atoms with Crippen molar-refractivity contribution in [2.45, 2.75) is 230 Å². The fraction of sp³-hybridized carbons (Fsp3) is 0.575. The summed E-state index contributed by atoms with van der Waals surface area (Å²) in [5.41, 5.74) is -6.12. The van der Waals surface area contributed by atoms with Gasteiger partial charge in [-0.25, -0.2) is 14.2 Å². The van der Waals surface area contributed by atoms with Gasteiger partial charge in [0.15, 0.2) is 17.5 Å². The van der Waals surface area contributed by atoms with Crippen LogP contribution in [0.5, 0.6) is 0 Å². The van der Waals surface area contributed by atoms with E-state index < -0.39 is 139 Å². The minimum Gasteiger partial charge on any atom is -0.455 e. The predicted octanol–water partition coefficient (Wildman–Crippen LogP) is 12.3. The number of ketones is 1. The Morgan fingerprint density at radius 3 is 1.75 bits per heavy atom. The average molecular weight is 1460 g/mol. The van der Waals surface area contributed by atoms with Crippen molar-refractivity contribution in [1.29, 1.82) is 0 Å². The lowest BCUT2D eigenvalue weighted by molar-refractivity contribution is -0.870. The Hall–Kier alpha value is -7.47. The topological polar surface area (TPSA) is 312 Å². The van der Waals surface area contributed by atoms with Gasteiger partial charge in [0.1, 0.15) is 43.1 Å². The van der Waals surface area contributed by atoms with E-state index >= 15 is 9.59 Å². The number of aliphatic hydroxyl groups excluding tert-OH is 1. The molecule has 3 fully saturated rings. The van der Waals surface area contributed by atoms with Crippen LogP contribution in [0.1, 0.15) is 208 Å². The third-order valence-corrected chi connectivity index (χ3v) is 22.2. The van der Waals surface area contributed by atoms with Crippen LogP contribution < -0.4 is 10.6 Å². The Balaban J connectivity index is 0.894. The summed E-state index contributed by atoms with van der Waals surface area (Å²) in [7, 11) is 1.99. The lowest BCUT2D eigenvalue weighted by Gasteiger charge is -2.67. The molecule has 24 heteroatoms. The number of rotatable bonds is 39. The molecule has 2 bridgehead atoms. The molecule has 1 aliphatic heterocycles. The minimum absolute atomic E-state index is 0.0279. The van der Waals surface area contributed by atoms with E-state index in [0.29, 0.717) is 16.7 Å². The number of esters is 5. The van der Waals surface area contributed by atoms with E-state index in [2.05, 4.69) is 10.6 Å². The van der Waals surface area contributed by atoms with Crippen molar-refractivity contribution < 1.29 is 100.0 Å². The van der Waals surface area contributed by atoms with Crippen LogP contribution in [-0.4, -0.2) is 162 Å². The Kier molecular flexibility index (Phi) is 29.4. The van der Waals surface area contributed by atoms with Crippen molar-refractivity contribution in [3.8, 4) is 0 Å². The number of aryl methyl sites for hydroxylation is 1. The molecule has 2 saturated carbocycles. The summed E-state index contributed by atoms with van der Waals surface area (Å²) in [4.78, 5) is 125. The van der Waals surface area contributed by atoms with E-state index in [1.54, 1.807) is 105 Å². The number of hydrogen-bond acceptors (Lipinski definition) is 19. The van der Waals surface area contributed by atoms with E-state index in [9.17, 15) is 48.4 Å². The van der Waals surface area contributed by atoms with Gasteiger partial charge in [-0.05, 0) is 91.8 Å². The number of ether oxygens (including phenoxy) is 6. The number of unbranched alkanes of at least 4 members (excludes halogenated alkanes) is 15. The van der Waals surface area contributed by atoms with Gasteiger partial charge in [-0.15, -0.1) is 0 Å². The van der Waals surface area contributed by atoms with Gasteiger partial charge in [-0.3, -0.25) is 37.8 Å². The van der Waals surface area contributed by atoms with E-state index in [0.717, 1.165) is 70.8 Å². The average Bonchev–Trinajstić information content (AvgIpc) is 0.669. The van der Waals surface area contributed by atoms with E-state index in [-0.39, 0.29) is 60.5 Å². The van der Waals surface area contributed by atoms with E-state index in [1.165, 1.54) is 83.8 Å². The molecule has 8 rings (SSSR count). The minimum atomic E-state index is -3.99. The van der Waals surface area contributed by atoms with Crippen molar-refractivity contribution in [2.75, 3.05) is 52.8 Å². The third-order valence-electron chi connectivity index (χ3n) is 21.1. The fourth-order valence-corrected chi connectivity index (χ4v) is 16.0. The molecule has 0 spiro atoms. The number of aliphatic hydroxyl groups is 2. The maximum Gasteiger partial charge on any atom is 0.472 e. The van der Waals surface area contributed by atoms with Crippen LogP contribution >= 0.6 is 7.82 Å². The molecule has 1 unspecified atom stereocenters. The van der Waals surface area contributed by atoms with Crippen LogP contribution in [0, 0.1) is 16.7 Å². The van der Waals surface area contributed by atoms with Crippen molar-refractivity contribution in [3.63, 3.8) is 0 Å². The number of Topliss-reactive ketones (excluding diaryl/α,β-unsaturated/α-hetero) is 1. The van der Waals surface area contributed by atoms with E-state index in [1.807, 2.05) is 33.3 Å². The summed E-state index contributed by atoms with van der Waals surface area (Å²) in [6, 6.07) is 30.1. The molecule has 3 aliphatic carbocycles. The Morgan fingerprint density at radius 1 is 0.673 bits per heavy atom. The molecule has 5 N–H and O–H groups in total. The summed E-state index contributed by atoms with van der Waals surface area (Å²) in [5, 5.41) is 32.2. The van der Waals surface area contributed by atoms with Crippen LogP contribution in [0.15, 0.2) is 126 Å². The molecule has 4 aromatic rings. The summed E-state index contributed by atoms with van der Waals surface area (Å²) in [6.45, 7) is 8.85. The molecular formula is C80H109N3O20P+. The molecule has 1 heterocycles. The smallest absolute Gasteiger partial charge is 0.455 e. The predicted molar refractivity (Wildman–Crippen MR) is 388 cm³/mol. The number of anilines is 1. The highest BCUT2D eigenvalue weighted by atomic mass is 31.2. The third kappa shape index (κ3) is 21.2. The quantitative estimate of drug-likeness (QED) is 0.00692. The van der Waals surface area contributed by atoms with Crippen molar-refractivity contribution in [3.05, 3.63) is 149 Å². The molecule has 0 radical (unpaired) electrons. The number of benzene rings is 4. The van der Waals surface area contributed by atoms with Crippen molar-refractivity contribution in [2.24, 2.45) is 16.7 Å². The molecule has 0 aromatic heterocycles. The van der Waals surface area contributed by atoms with Gasteiger partial charge in [0.05, 0.1) is 63.8 Å². The van der Waals surface area contributed by atoms with Crippen LogP contribution in [0.2, 0.25) is 0 Å². The number of likely N-dealkylation sites (N-methyl/N-ethyl adjacent to an activating group) is 1. The second-order valence-electron chi connectivity index (χ2n) is 30.1. The highest BCUT2D eigenvalue weighted by Crippen LogP contribution is 2.64. The lowest BCUT2D eigenvalue weighted by atomic mass is 9.44. The molecular weight excluding hydrogens is 1350 g/mol. The lowest BCUT2D eigenvalue weighted by Crippen LogP contribution is -2.82. The number of phosphoric ester groups is 1. The fourth-order valence-electron chi connectivity index (χ4n) is 15.2. The van der Waals surface area contributed by atoms with Gasteiger partial charge in [0.25, 0.3) is 5.91 Å². The zero-order valence-corrected chi connectivity index (χ0v) is 62.8. The number of nitrogens with zero attached hydrogens (tertiary/aromatic N) is 1. The van der Waals surface area contributed by atoms with Gasteiger partial charge in [0, 0.05) is 49.8 Å². The SMILES string of the molecule is CC(=O)O[C@H]1C(=O)[C@@]2(C)[C@H]([C@H](OC(=O)c3ccccc3)[C@]3(O)C[C@H](OC(=O)[C@H](OC(=O)CCC(=O)Nc4ccc(CCCCCCCCCCCCCCCCCCOP(=O)(O)OCC[N+](C)(C)C)cc4)[C@@H](NC(=O)c4ccccc4)c4ccccc4)C(C)=C1C3(C)C)[C@]1(OC(C)=O)CO[C@@H]1C[C@@H]2O. The van der Waals surface area contributed by atoms with Gasteiger partial charge in [0.2, 0.25) is 12.0 Å². The first-order valence-corrected chi connectivity index (χ1v) is 38.4. The van der Waals surface area contributed by atoms with Crippen LogP contribution in [-0.2, 0) is 77.2 Å². The molecule has 23 nitrogen and oxygen atoms in total. The molecule has 2 amide bonds. The first-order valence-electron chi connectivity index (χ1n) is 36.9. The zero-order valence-electron chi connectivity index (χ0n) is 61.9. The van der Waals surface area contributed by atoms with Crippen LogP contribution in [0.4, 0.5) is 5.69 Å². The molecule has 4 aliphatic rings. The maximum atomic E-state index is 15.9. The van der Waals surface area contributed by atoms with Crippen LogP contribution in [0.3, 0.4) is 0 Å². The first kappa shape index (κ1) is 82.2. The number of fused-ring (bicyclic) bond motifs is 5. The number of quaternary nitrogens is 1. The van der Waals surface area contributed by atoms with Crippen molar-refractivity contribution >= 4 is 61.0 Å². The number of nitrogens with one attached hydrogen (secondary N) is 2. The Morgan fingerprint density at radius 2 is 1.21 bits per heavy atom. The standard InChI is InChI=1S/C80H108N3O20P/c1-54-62(52-80(93)73(102-75(91)60-40-32-26-33-41-60)71-78(6,63(86)51-64-79(71,53-96-64)103-56(3)85)72(89)69(99-55(2)84)67(54)77(80,4)5)100-76(92)70(68(58-36-28-24-29-37-58)82-74(90)59-38-30-25-31-39-59)101-66(88)47-46-65(87)81-61-44-42-57(43-45-61)35-27-22-20-18-16-14-12-10-11-13-15-17-19-21-23-34-49-97-104(94,95)98-50-48-83(7,8)9/h24-26,28-33,36-45,62-64,68-71,73,86,93H,10-23,27,34-35,46-53H2,1-9H3,(H2-,81,82,87,90,94,95)/p+1/t62-,63-,64+,68-,69+,70+,71-,73-,78+,79-,80+/m0/s1. The Labute approximate surface area is 612 Å². The molecule has 104 heavy (non-hydrogen) atoms. The molecule has 568 valence electrons. The zero-order chi connectivity index (χ0) is 75.5. The summed E-state index contributed by atoms with van der Waals surface area (Å²) < 4.78 is 60.1. The summed E-state index contributed by atoms with van der Waals surface area (Å²) in [5.74, 6) is -8.78. The highest BCUT2D eigenvalue weighted by molar-refractivity contribution is 7.47. The number of amides is 2. The van der Waals surface area contributed by atoms with Gasteiger partial charge >= 0.3 is 37.7 Å². The van der Waals surface area contributed by atoms with E-state index in [4.69, 9.17) is 37.5 Å². The van der Waals surface area contributed by atoms with Gasteiger partial charge in [-0.1, -0.05) is 183 Å². The van der Waals surface area contributed by atoms with Crippen LogP contribution in [0.25, 0.3) is 0 Å². The second-order valence-corrected chi connectivity index (χ2v) is 31.6. The Bertz CT molecular complexity index is 3640. The number of carbonyl (C=O) groups is 8. The normalized spacial score (nSPS) is 24.4. The maximum absolute atomic E-state index is 15.9.